The highest BCUT2D eigenvalue weighted by molar-refractivity contribution is 5.96. The van der Waals surface area contributed by atoms with Gasteiger partial charge in [-0.25, -0.2) is 0 Å². The van der Waals surface area contributed by atoms with E-state index in [1.165, 1.54) is 0 Å². The highest BCUT2D eigenvalue weighted by atomic mass is 16.5. The maximum absolute atomic E-state index is 11.9. The molecule has 1 aliphatic heterocycles. The summed E-state index contributed by atoms with van der Waals surface area (Å²) in [6, 6.07) is 7.58. The van der Waals surface area contributed by atoms with E-state index in [1.54, 1.807) is 0 Å². The minimum Gasteiger partial charge on any atom is -0.490 e. The Labute approximate surface area is 101 Å². The van der Waals surface area contributed by atoms with Crippen molar-refractivity contribution in [2.75, 3.05) is 13.1 Å². The Bertz CT molecular complexity index is 405. The maximum Gasteiger partial charge on any atom is 0.163 e. The van der Waals surface area contributed by atoms with Crippen LogP contribution >= 0.6 is 0 Å². The molecule has 3 rings (SSSR count). The Kier molecular flexibility index (Phi) is 2.85. The van der Waals surface area contributed by atoms with Crippen molar-refractivity contribution < 1.29 is 9.53 Å². The van der Waals surface area contributed by atoms with Gasteiger partial charge in [0.2, 0.25) is 0 Å². The standard InChI is InChI=1S/C14H17NO2/c16-14(7-10-8-15-9-10)11-1-3-12(4-2-11)17-13-5-6-13/h1-4,10,13,15H,5-9H2. The van der Waals surface area contributed by atoms with E-state index in [4.69, 9.17) is 4.74 Å². The highest BCUT2D eigenvalue weighted by Crippen LogP contribution is 2.27. The van der Waals surface area contributed by atoms with Crippen LogP contribution in [0.4, 0.5) is 0 Å². The zero-order valence-electron chi connectivity index (χ0n) is 9.82. The van der Waals surface area contributed by atoms with Gasteiger partial charge in [-0.15, -0.1) is 0 Å². The average Bonchev–Trinajstić information content (AvgIpc) is 3.08. The maximum atomic E-state index is 11.9. The summed E-state index contributed by atoms with van der Waals surface area (Å²) >= 11 is 0. The number of rotatable bonds is 5. The predicted molar refractivity (Wildman–Crippen MR) is 65.4 cm³/mol. The van der Waals surface area contributed by atoms with Crippen molar-refractivity contribution in [1.29, 1.82) is 0 Å². The molecule has 3 heteroatoms. The molecule has 0 unspecified atom stereocenters. The Morgan fingerprint density at radius 2 is 1.94 bits per heavy atom. The number of benzene rings is 1. The SMILES string of the molecule is O=C(CC1CNC1)c1ccc(OC2CC2)cc1. The third-order valence-electron chi connectivity index (χ3n) is 3.34. The molecule has 1 heterocycles. The highest BCUT2D eigenvalue weighted by Gasteiger charge is 2.24. The normalized spacial score (nSPS) is 19.8. The van der Waals surface area contributed by atoms with Crippen LogP contribution < -0.4 is 10.1 Å². The van der Waals surface area contributed by atoms with Gasteiger partial charge in [-0.05, 0) is 56.1 Å². The van der Waals surface area contributed by atoms with E-state index in [2.05, 4.69) is 5.32 Å². The van der Waals surface area contributed by atoms with E-state index < -0.39 is 0 Å². The number of carbonyl (C=O) groups is 1. The molecule has 1 aromatic rings. The largest absolute Gasteiger partial charge is 0.490 e. The average molecular weight is 231 g/mol. The van der Waals surface area contributed by atoms with Crippen molar-refractivity contribution in [2.45, 2.75) is 25.4 Å². The lowest BCUT2D eigenvalue weighted by atomic mass is 9.94. The van der Waals surface area contributed by atoms with E-state index >= 15 is 0 Å². The van der Waals surface area contributed by atoms with Gasteiger partial charge in [0, 0.05) is 12.0 Å². The van der Waals surface area contributed by atoms with Crippen molar-refractivity contribution in [3.8, 4) is 5.75 Å². The molecule has 90 valence electrons. The first-order valence-electron chi connectivity index (χ1n) is 6.32. The number of ketones is 1. The Morgan fingerprint density at radius 1 is 1.24 bits per heavy atom. The summed E-state index contributed by atoms with van der Waals surface area (Å²) in [7, 11) is 0. The van der Waals surface area contributed by atoms with Crippen molar-refractivity contribution >= 4 is 5.78 Å². The molecule has 0 aromatic heterocycles. The molecule has 17 heavy (non-hydrogen) atoms. The van der Waals surface area contributed by atoms with Crippen molar-refractivity contribution in [2.24, 2.45) is 5.92 Å². The lowest BCUT2D eigenvalue weighted by Crippen LogP contribution is -2.42. The molecule has 0 bridgehead atoms. The van der Waals surface area contributed by atoms with Gasteiger partial charge in [0.1, 0.15) is 5.75 Å². The minimum absolute atomic E-state index is 0.245. The second-order valence-corrected chi connectivity index (χ2v) is 4.99. The number of nitrogens with one attached hydrogen (secondary N) is 1. The number of hydrogen-bond donors (Lipinski definition) is 1. The van der Waals surface area contributed by atoms with Crippen molar-refractivity contribution in [1.82, 2.24) is 5.32 Å². The molecule has 2 fully saturated rings. The number of carbonyl (C=O) groups excluding carboxylic acids is 1. The molecule has 1 aromatic carbocycles. The zero-order valence-corrected chi connectivity index (χ0v) is 9.82. The lowest BCUT2D eigenvalue weighted by Gasteiger charge is -2.26. The van der Waals surface area contributed by atoms with Crippen LogP contribution in [0.1, 0.15) is 29.6 Å². The van der Waals surface area contributed by atoms with E-state index in [9.17, 15) is 4.79 Å². The van der Waals surface area contributed by atoms with Gasteiger partial charge in [-0.1, -0.05) is 0 Å². The summed E-state index contributed by atoms with van der Waals surface area (Å²) in [6.45, 7) is 1.96. The molecule has 3 nitrogen and oxygen atoms in total. The summed E-state index contributed by atoms with van der Waals surface area (Å²) in [5, 5.41) is 3.18. The van der Waals surface area contributed by atoms with Gasteiger partial charge in [0.25, 0.3) is 0 Å². The van der Waals surface area contributed by atoms with E-state index in [1.807, 2.05) is 24.3 Å². The van der Waals surface area contributed by atoms with Gasteiger partial charge in [-0.3, -0.25) is 4.79 Å². The Hall–Kier alpha value is -1.35. The van der Waals surface area contributed by atoms with Crippen molar-refractivity contribution in [3.63, 3.8) is 0 Å². The predicted octanol–water partition coefficient (Wildman–Crippen LogP) is 2.02. The first kappa shape index (κ1) is 10.8. The fraction of sp³-hybridized carbons (Fsp3) is 0.500. The number of Topliss-reactive ketones (excluding diaryl/α,β-unsaturated/α-hetero) is 1. The topological polar surface area (TPSA) is 38.3 Å². The Morgan fingerprint density at radius 3 is 2.47 bits per heavy atom. The summed E-state index contributed by atoms with van der Waals surface area (Å²) in [4.78, 5) is 11.9. The van der Waals surface area contributed by atoms with Crippen LogP contribution in [-0.2, 0) is 0 Å². The van der Waals surface area contributed by atoms with Crippen LogP contribution in [0, 0.1) is 5.92 Å². The lowest BCUT2D eigenvalue weighted by molar-refractivity contribution is 0.0945. The molecule has 0 radical (unpaired) electrons. The molecule has 1 saturated carbocycles. The van der Waals surface area contributed by atoms with Gasteiger partial charge in [-0.2, -0.15) is 0 Å². The molecule has 1 N–H and O–H groups in total. The molecule has 0 atom stereocenters. The summed E-state index contributed by atoms with van der Waals surface area (Å²) in [6.07, 6.45) is 3.40. The quantitative estimate of drug-likeness (QED) is 0.788. The second kappa shape index (κ2) is 4.49. The van der Waals surface area contributed by atoms with Crippen LogP contribution in [0.5, 0.6) is 5.75 Å². The first-order chi connectivity index (χ1) is 8.31. The van der Waals surface area contributed by atoms with Crippen LogP contribution in [0.2, 0.25) is 0 Å². The number of hydrogen-bond acceptors (Lipinski definition) is 3. The first-order valence-corrected chi connectivity index (χ1v) is 6.32. The van der Waals surface area contributed by atoms with Crippen LogP contribution in [0.25, 0.3) is 0 Å². The van der Waals surface area contributed by atoms with Crippen molar-refractivity contribution in [3.05, 3.63) is 29.8 Å². The van der Waals surface area contributed by atoms with E-state index in [-0.39, 0.29) is 5.78 Å². The monoisotopic (exact) mass is 231 g/mol. The van der Waals surface area contributed by atoms with Gasteiger partial charge >= 0.3 is 0 Å². The Balaban J connectivity index is 1.59. The molecule has 0 amide bonds. The third kappa shape index (κ3) is 2.67. The van der Waals surface area contributed by atoms with Gasteiger partial charge in [0.05, 0.1) is 6.10 Å². The third-order valence-corrected chi connectivity index (χ3v) is 3.34. The van der Waals surface area contributed by atoms with Gasteiger partial charge in [0.15, 0.2) is 5.78 Å². The van der Waals surface area contributed by atoms with E-state index in [0.29, 0.717) is 18.4 Å². The second-order valence-electron chi connectivity index (χ2n) is 4.99. The summed E-state index contributed by atoms with van der Waals surface area (Å²) < 4.78 is 5.65. The molecular weight excluding hydrogens is 214 g/mol. The molecule has 2 aliphatic rings. The van der Waals surface area contributed by atoms with Gasteiger partial charge < -0.3 is 10.1 Å². The molecular formula is C14H17NO2. The molecule has 1 saturated heterocycles. The summed E-state index contributed by atoms with van der Waals surface area (Å²) in [5.41, 5.74) is 0.806. The van der Waals surface area contributed by atoms with Crippen LogP contribution in [0.3, 0.4) is 0 Å². The smallest absolute Gasteiger partial charge is 0.163 e. The van der Waals surface area contributed by atoms with Crippen LogP contribution in [0.15, 0.2) is 24.3 Å². The van der Waals surface area contributed by atoms with E-state index in [0.717, 1.165) is 37.2 Å². The minimum atomic E-state index is 0.245. The fourth-order valence-electron chi connectivity index (χ4n) is 1.97. The summed E-state index contributed by atoms with van der Waals surface area (Å²) in [5.74, 6) is 1.66. The molecule has 0 spiro atoms. The molecule has 1 aliphatic carbocycles. The number of ether oxygens (including phenoxy) is 1. The fourth-order valence-corrected chi connectivity index (χ4v) is 1.97. The van der Waals surface area contributed by atoms with Crippen LogP contribution in [-0.4, -0.2) is 25.0 Å². The zero-order chi connectivity index (χ0) is 11.7.